The van der Waals surface area contributed by atoms with Crippen LogP contribution >= 0.6 is 11.3 Å². The van der Waals surface area contributed by atoms with E-state index in [-0.39, 0.29) is 5.76 Å². The highest BCUT2D eigenvalue weighted by molar-refractivity contribution is 7.15. The van der Waals surface area contributed by atoms with Crippen molar-refractivity contribution in [3.63, 3.8) is 0 Å². The molecule has 2 aromatic rings. The second-order valence-corrected chi connectivity index (χ2v) is 5.25. The minimum atomic E-state index is -1.47. The zero-order chi connectivity index (χ0) is 11.1. The monoisotopic (exact) mass is 225 g/mol. The second-order valence-electron chi connectivity index (χ2n) is 3.96. The molecule has 0 fully saturated rings. The Balaban J connectivity index is 2.36. The lowest BCUT2D eigenvalue weighted by molar-refractivity contribution is 0.163. The van der Waals surface area contributed by atoms with Crippen molar-refractivity contribution >= 4 is 11.3 Å². The predicted molar refractivity (Wildman–Crippen MR) is 58.7 cm³/mol. The third-order valence-corrected chi connectivity index (χ3v) is 3.11. The van der Waals surface area contributed by atoms with Crippen LogP contribution in [0.1, 0.15) is 24.5 Å². The molecule has 2 heterocycles. The highest BCUT2D eigenvalue weighted by Crippen LogP contribution is 2.31. The van der Waals surface area contributed by atoms with Crippen molar-refractivity contribution in [2.45, 2.75) is 26.4 Å². The van der Waals surface area contributed by atoms with Gasteiger partial charge >= 0.3 is 0 Å². The molecule has 0 saturated heterocycles. The van der Waals surface area contributed by atoms with E-state index in [0.29, 0.717) is 5.69 Å². The zero-order valence-corrected chi connectivity index (χ0v) is 9.69. The van der Waals surface area contributed by atoms with Crippen molar-refractivity contribution in [1.29, 1.82) is 0 Å². The van der Waals surface area contributed by atoms with Crippen molar-refractivity contribution < 1.29 is 8.91 Å². The lowest BCUT2D eigenvalue weighted by atomic mass is 10.1. The summed E-state index contributed by atoms with van der Waals surface area (Å²) in [6.07, 6.45) is 0. The Morgan fingerprint density at radius 1 is 1.40 bits per heavy atom. The molecule has 0 radical (unpaired) electrons. The van der Waals surface area contributed by atoms with Gasteiger partial charge in [-0.05, 0) is 32.9 Å². The van der Waals surface area contributed by atoms with Crippen LogP contribution < -0.4 is 0 Å². The van der Waals surface area contributed by atoms with Gasteiger partial charge in [0.15, 0.2) is 11.4 Å². The largest absolute Gasteiger partial charge is 0.357 e. The van der Waals surface area contributed by atoms with Crippen LogP contribution in [0, 0.1) is 6.92 Å². The zero-order valence-electron chi connectivity index (χ0n) is 8.87. The first kappa shape index (κ1) is 10.4. The van der Waals surface area contributed by atoms with Gasteiger partial charge in [0, 0.05) is 10.9 Å². The fourth-order valence-corrected chi connectivity index (χ4v) is 2.06. The van der Waals surface area contributed by atoms with Gasteiger partial charge in [0.2, 0.25) is 0 Å². The molecule has 0 spiro atoms. The first-order chi connectivity index (χ1) is 6.97. The van der Waals surface area contributed by atoms with E-state index in [1.807, 2.05) is 19.1 Å². The highest BCUT2D eigenvalue weighted by Gasteiger charge is 2.25. The number of nitrogens with zero attached hydrogens (tertiary/aromatic N) is 1. The van der Waals surface area contributed by atoms with E-state index >= 15 is 0 Å². The second kappa shape index (κ2) is 3.45. The quantitative estimate of drug-likeness (QED) is 0.774. The Morgan fingerprint density at radius 2 is 2.13 bits per heavy atom. The van der Waals surface area contributed by atoms with Crippen molar-refractivity contribution in [2.24, 2.45) is 0 Å². The van der Waals surface area contributed by atoms with Crippen molar-refractivity contribution in [3.8, 4) is 10.6 Å². The molecule has 0 aliphatic rings. The lowest BCUT2D eigenvalue weighted by Crippen LogP contribution is -2.06. The Morgan fingerprint density at radius 3 is 2.60 bits per heavy atom. The molecule has 4 heteroatoms. The number of hydrogen-bond donors (Lipinski definition) is 0. The molecule has 0 amide bonds. The SMILES string of the molecule is Cc1ccc(-c2cc(C(C)(C)F)on2)s1. The molecule has 0 aliphatic carbocycles. The maximum Gasteiger partial charge on any atom is 0.173 e. The summed E-state index contributed by atoms with van der Waals surface area (Å²) >= 11 is 1.62. The molecule has 0 saturated carbocycles. The molecule has 2 aromatic heterocycles. The van der Waals surface area contributed by atoms with Crippen LogP contribution in [-0.4, -0.2) is 5.16 Å². The van der Waals surface area contributed by atoms with Gasteiger partial charge in [0.05, 0.1) is 4.88 Å². The standard InChI is InChI=1S/C11H12FNOS/c1-7-4-5-9(15-7)8-6-10(14-13-8)11(2,3)12/h4-6H,1-3H3. The molecule has 2 rings (SSSR count). The van der Waals surface area contributed by atoms with Gasteiger partial charge < -0.3 is 4.52 Å². The molecule has 2 nitrogen and oxygen atoms in total. The molecular formula is C11H12FNOS. The average molecular weight is 225 g/mol. The summed E-state index contributed by atoms with van der Waals surface area (Å²) in [5.74, 6) is 0.267. The molecule has 15 heavy (non-hydrogen) atoms. The van der Waals surface area contributed by atoms with Crippen LogP contribution in [0.25, 0.3) is 10.6 Å². The number of aryl methyl sites for hydroxylation is 1. The maximum absolute atomic E-state index is 13.5. The number of rotatable bonds is 2. The summed E-state index contributed by atoms with van der Waals surface area (Å²) in [6.45, 7) is 4.93. The molecule has 0 atom stereocenters. The van der Waals surface area contributed by atoms with E-state index in [2.05, 4.69) is 5.16 Å². The number of aromatic nitrogens is 1. The molecule has 0 unspecified atom stereocenters. The van der Waals surface area contributed by atoms with Crippen molar-refractivity contribution in [1.82, 2.24) is 5.16 Å². The van der Waals surface area contributed by atoms with Crippen LogP contribution in [0.15, 0.2) is 22.7 Å². The minimum absolute atomic E-state index is 0.267. The summed E-state index contributed by atoms with van der Waals surface area (Å²) in [6, 6.07) is 5.63. The van der Waals surface area contributed by atoms with Crippen LogP contribution in [0.4, 0.5) is 4.39 Å². The Hall–Kier alpha value is -1.16. The number of alkyl halides is 1. The Labute approximate surface area is 91.7 Å². The Bertz CT molecular complexity index is 467. The van der Waals surface area contributed by atoms with E-state index in [9.17, 15) is 4.39 Å². The molecule has 80 valence electrons. The smallest absolute Gasteiger partial charge is 0.173 e. The summed E-state index contributed by atoms with van der Waals surface area (Å²) in [5.41, 5.74) is -0.772. The van der Waals surface area contributed by atoms with Crippen LogP contribution in [0.3, 0.4) is 0 Å². The average Bonchev–Trinajstić information content (AvgIpc) is 2.69. The summed E-state index contributed by atoms with van der Waals surface area (Å²) in [5, 5.41) is 3.86. The summed E-state index contributed by atoms with van der Waals surface area (Å²) < 4.78 is 18.5. The van der Waals surface area contributed by atoms with E-state index in [1.165, 1.54) is 18.7 Å². The molecule has 0 aromatic carbocycles. The number of thiophene rings is 1. The first-order valence-electron chi connectivity index (χ1n) is 4.70. The summed E-state index contributed by atoms with van der Waals surface area (Å²) in [4.78, 5) is 2.21. The van der Waals surface area contributed by atoms with Crippen molar-refractivity contribution in [3.05, 3.63) is 28.8 Å². The fourth-order valence-electron chi connectivity index (χ4n) is 1.24. The Kier molecular flexibility index (Phi) is 2.38. The molecule has 0 aliphatic heterocycles. The summed E-state index contributed by atoms with van der Waals surface area (Å²) in [7, 11) is 0. The topological polar surface area (TPSA) is 26.0 Å². The van der Waals surface area contributed by atoms with Gasteiger partial charge in [-0.15, -0.1) is 11.3 Å². The first-order valence-corrected chi connectivity index (χ1v) is 5.51. The van der Waals surface area contributed by atoms with E-state index in [0.717, 1.165) is 4.88 Å². The predicted octanol–water partition coefficient (Wildman–Crippen LogP) is 3.92. The number of halogens is 1. The van der Waals surface area contributed by atoms with Gasteiger partial charge in [-0.2, -0.15) is 0 Å². The molecular weight excluding hydrogens is 213 g/mol. The fraction of sp³-hybridized carbons (Fsp3) is 0.364. The van der Waals surface area contributed by atoms with Gasteiger partial charge in [-0.3, -0.25) is 0 Å². The van der Waals surface area contributed by atoms with Crippen molar-refractivity contribution in [2.75, 3.05) is 0 Å². The third kappa shape index (κ3) is 2.09. The maximum atomic E-state index is 13.5. The molecule has 0 bridgehead atoms. The highest BCUT2D eigenvalue weighted by atomic mass is 32.1. The minimum Gasteiger partial charge on any atom is -0.357 e. The van der Waals surface area contributed by atoms with Gasteiger partial charge in [-0.1, -0.05) is 5.16 Å². The van der Waals surface area contributed by atoms with Crippen LogP contribution in [-0.2, 0) is 5.67 Å². The normalized spacial score (nSPS) is 12.0. The van der Waals surface area contributed by atoms with Gasteiger partial charge in [0.25, 0.3) is 0 Å². The van der Waals surface area contributed by atoms with Crippen LogP contribution in [0.2, 0.25) is 0 Å². The van der Waals surface area contributed by atoms with E-state index in [4.69, 9.17) is 4.52 Å². The van der Waals surface area contributed by atoms with Gasteiger partial charge in [0.1, 0.15) is 5.69 Å². The van der Waals surface area contributed by atoms with E-state index in [1.54, 1.807) is 17.4 Å². The van der Waals surface area contributed by atoms with Crippen LogP contribution in [0.5, 0.6) is 0 Å². The lowest BCUT2D eigenvalue weighted by Gasteiger charge is -2.07. The van der Waals surface area contributed by atoms with E-state index < -0.39 is 5.67 Å². The third-order valence-electron chi connectivity index (χ3n) is 2.09. The molecule has 0 N–H and O–H groups in total. The van der Waals surface area contributed by atoms with Gasteiger partial charge in [-0.25, -0.2) is 4.39 Å². The number of hydrogen-bond acceptors (Lipinski definition) is 3.